The molecular formula is C29H34N6O2. The van der Waals surface area contributed by atoms with E-state index in [0.29, 0.717) is 6.54 Å². The maximum absolute atomic E-state index is 12.8. The lowest BCUT2D eigenvalue weighted by Crippen LogP contribution is -2.41. The van der Waals surface area contributed by atoms with Gasteiger partial charge in [-0.3, -0.25) is 4.79 Å². The van der Waals surface area contributed by atoms with Gasteiger partial charge in [0.15, 0.2) is 5.82 Å². The van der Waals surface area contributed by atoms with Crippen LogP contribution in [0.1, 0.15) is 36.2 Å². The zero-order chi connectivity index (χ0) is 25.8. The quantitative estimate of drug-likeness (QED) is 0.362. The fourth-order valence-electron chi connectivity index (χ4n) is 5.15. The van der Waals surface area contributed by atoms with E-state index in [0.717, 1.165) is 78.3 Å². The molecule has 1 saturated heterocycles. The number of aromatic nitrogens is 4. The monoisotopic (exact) mass is 498 g/mol. The lowest BCUT2D eigenvalue weighted by atomic mass is 9.95. The van der Waals surface area contributed by atoms with E-state index in [4.69, 9.17) is 9.84 Å². The van der Waals surface area contributed by atoms with Gasteiger partial charge >= 0.3 is 0 Å². The highest BCUT2D eigenvalue weighted by molar-refractivity contribution is 5.92. The third-order valence-electron chi connectivity index (χ3n) is 7.25. The molecule has 3 heterocycles. The average molecular weight is 499 g/mol. The molecule has 5 rings (SSSR count). The minimum Gasteiger partial charge on any atom is -0.497 e. The van der Waals surface area contributed by atoms with E-state index in [1.54, 1.807) is 7.11 Å². The van der Waals surface area contributed by atoms with Crippen molar-refractivity contribution < 1.29 is 9.53 Å². The van der Waals surface area contributed by atoms with Crippen molar-refractivity contribution in [2.24, 2.45) is 5.92 Å². The van der Waals surface area contributed by atoms with Gasteiger partial charge in [-0.15, -0.1) is 5.10 Å². The first kappa shape index (κ1) is 24.7. The number of nitrogens with zero attached hydrogens (tertiary/aromatic N) is 5. The van der Waals surface area contributed by atoms with Crippen molar-refractivity contribution in [3.63, 3.8) is 0 Å². The van der Waals surface area contributed by atoms with E-state index in [9.17, 15) is 4.79 Å². The van der Waals surface area contributed by atoms with Crippen LogP contribution < -0.4 is 15.0 Å². The Balaban J connectivity index is 1.24. The Bertz CT molecular complexity index is 1360. The highest BCUT2D eigenvalue weighted by Gasteiger charge is 2.28. The van der Waals surface area contributed by atoms with E-state index < -0.39 is 0 Å². The molecule has 0 aliphatic carbocycles. The van der Waals surface area contributed by atoms with E-state index in [-0.39, 0.29) is 11.8 Å². The second kappa shape index (κ2) is 11.0. The number of methoxy groups -OCH3 is 1. The number of hydrogen-bond acceptors (Lipinski definition) is 6. The van der Waals surface area contributed by atoms with Crippen molar-refractivity contribution in [3.8, 4) is 11.4 Å². The van der Waals surface area contributed by atoms with E-state index in [1.807, 2.05) is 41.9 Å². The molecule has 1 fully saturated rings. The molecule has 2 aromatic carbocycles. The Hall–Kier alpha value is -3.94. The standard InChI is InChI=1S/C29H34N6O2/c1-20-26-21(2)35(24-11-13-25(37-3)14-12-24)33-27(26)28(32-31-20)34-18-15-23(16-19-34)29(36)30-17-7-10-22-8-5-4-6-9-22/h4-6,8-9,11-14,23H,7,10,15-19H2,1-3H3,(H,30,36). The van der Waals surface area contributed by atoms with Crippen LogP contribution in [0.25, 0.3) is 16.6 Å². The molecule has 1 N–H and O–H groups in total. The van der Waals surface area contributed by atoms with Gasteiger partial charge in [-0.25, -0.2) is 4.68 Å². The SMILES string of the molecule is COc1ccc(-n2nc3c(N4CCC(C(=O)NCCCc5ccccc5)CC4)nnc(C)c3c2C)cc1. The average Bonchev–Trinajstić information content (AvgIpc) is 3.29. The van der Waals surface area contributed by atoms with Crippen LogP contribution in [0, 0.1) is 19.8 Å². The molecule has 0 bridgehead atoms. The molecule has 37 heavy (non-hydrogen) atoms. The molecule has 8 heteroatoms. The van der Waals surface area contributed by atoms with Crippen molar-refractivity contribution in [2.45, 2.75) is 39.5 Å². The summed E-state index contributed by atoms with van der Waals surface area (Å²) in [5, 5.41) is 18.1. The number of piperidine rings is 1. The predicted octanol–water partition coefficient (Wildman–Crippen LogP) is 4.41. The summed E-state index contributed by atoms with van der Waals surface area (Å²) in [5.41, 5.74) is 5.01. The van der Waals surface area contributed by atoms with Crippen LogP contribution in [-0.4, -0.2) is 52.6 Å². The van der Waals surface area contributed by atoms with Gasteiger partial charge < -0.3 is 15.0 Å². The summed E-state index contributed by atoms with van der Waals surface area (Å²) in [6.45, 7) is 6.25. The summed E-state index contributed by atoms with van der Waals surface area (Å²) in [6.07, 6.45) is 3.51. The van der Waals surface area contributed by atoms with Crippen LogP contribution in [0.4, 0.5) is 5.82 Å². The van der Waals surface area contributed by atoms with E-state index in [1.165, 1.54) is 5.56 Å². The van der Waals surface area contributed by atoms with Gasteiger partial charge in [-0.05, 0) is 69.4 Å². The zero-order valence-electron chi connectivity index (χ0n) is 21.8. The Morgan fingerprint density at radius 3 is 2.46 bits per heavy atom. The van der Waals surface area contributed by atoms with Crippen LogP contribution in [0.15, 0.2) is 54.6 Å². The zero-order valence-corrected chi connectivity index (χ0v) is 21.8. The van der Waals surface area contributed by atoms with Crippen LogP contribution in [-0.2, 0) is 11.2 Å². The van der Waals surface area contributed by atoms with Crippen molar-refractivity contribution in [1.82, 2.24) is 25.3 Å². The second-order valence-corrected chi connectivity index (χ2v) is 9.67. The predicted molar refractivity (Wildman–Crippen MR) is 145 cm³/mol. The van der Waals surface area contributed by atoms with Crippen LogP contribution in [0.2, 0.25) is 0 Å². The van der Waals surface area contributed by atoms with Gasteiger partial charge in [-0.2, -0.15) is 10.2 Å². The van der Waals surface area contributed by atoms with E-state index in [2.05, 4.69) is 51.6 Å². The molecule has 0 spiro atoms. The van der Waals surface area contributed by atoms with Gasteiger partial charge in [0.1, 0.15) is 11.3 Å². The topological polar surface area (TPSA) is 85.2 Å². The van der Waals surface area contributed by atoms with Crippen LogP contribution in [0.3, 0.4) is 0 Å². The lowest BCUT2D eigenvalue weighted by molar-refractivity contribution is -0.125. The number of fused-ring (bicyclic) bond motifs is 1. The number of nitrogens with one attached hydrogen (secondary N) is 1. The molecule has 0 atom stereocenters. The second-order valence-electron chi connectivity index (χ2n) is 9.67. The molecule has 4 aromatic rings. The van der Waals surface area contributed by atoms with Gasteiger partial charge in [0.2, 0.25) is 5.91 Å². The number of amides is 1. The number of benzene rings is 2. The van der Waals surface area contributed by atoms with Gasteiger partial charge in [-0.1, -0.05) is 30.3 Å². The number of carbonyl (C=O) groups excluding carboxylic acids is 1. The summed E-state index contributed by atoms with van der Waals surface area (Å²) in [7, 11) is 1.66. The summed E-state index contributed by atoms with van der Waals surface area (Å²) in [6, 6.07) is 18.3. The molecule has 0 saturated carbocycles. The minimum atomic E-state index is 0.0282. The number of rotatable bonds is 8. The normalized spacial score (nSPS) is 14.2. The maximum Gasteiger partial charge on any atom is 0.223 e. The number of aryl methyl sites for hydroxylation is 3. The largest absolute Gasteiger partial charge is 0.497 e. The Kier molecular flexibility index (Phi) is 7.35. The molecule has 1 aliphatic rings. The number of hydrogen-bond donors (Lipinski definition) is 1. The molecule has 0 unspecified atom stereocenters. The van der Waals surface area contributed by atoms with Crippen LogP contribution in [0.5, 0.6) is 5.75 Å². The Morgan fingerprint density at radius 2 is 1.76 bits per heavy atom. The van der Waals surface area contributed by atoms with Gasteiger partial charge in [0.25, 0.3) is 0 Å². The molecular weight excluding hydrogens is 464 g/mol. The maximum atomic E-state index is 12.8. The van der Waals surface area contributed by atoms with Crippen molar-refractivity contribution in [3.05, 3.63) is 71.5 Å². The van der Waals surface area contributed by atoms with Crippen molar-refractivity contribution in [2.75, 3.05) is 31.6 Å². The molecule has 2 aromatic heterocycles. The first-order chi connectivity index (χ1) is 18.0. The fraction of sp³-hybridized carbons (Fsp3) is 0.379. The number of ether oxygens (including phenoxy) is 1. The smallest absolute Gasteiger partial charge is 0.223 e. The van der Waals surface area contributed by atoms with E-state index >= 15 is 0 Å². The number of carbonyl (C=O) groups is 1. The first-order valence-corrected chi connectivity index (χ1v) is 13.0. The van der Waals surface area contributed by atoms with Crippen LogP contribution >= 0.6 is 0 Å². The third-order valence-corrected chi connectivity index (χ3v) is 7.25. The molecule has 1 amide bonds. The Morgan fingerprint density at radius 1 is 1.03 bits per heavy atom. The third kappa shape index (κ3) is 5.28. The summed E-state index contributed by atoms with van der Waals surface area (Å²) >= 11 is 0. The summed E-state index contributed by atoms with van der Waals surface area (Å²) in [5.74, 6) is 1.78. The molecule has 1 aliphatic heterocycles. The van der Waals surface area contributed by atoms with Gasteiger partial charge in [0.05, 0.1) is 29.6 Å². The first-order valence-electron chi connectivity index (χ1n) is 13.0. The summed E-state index contributed by atoms with van der Waals surface area (Å²) in [4.78, 5) is 15.0. The summed E-state index contributed by atoms with van der Waals surface area (Å²) < 4.78 is 7.24. The molecule has 0 radical (unpaired) electrons. The molecule has 8 nitrogen and oxygen atoms in total. The molecule has 192 valence electrons. The highest BCUT2D eigenvalue weighted by Crippen LogP contribution is 2.31. The minimum absolute atomic E-state index is 0.0282. The van der Waals surface area contributed by atoms with Gasteiger partial charge in [0, 0.05) is 25.6 Å². The number of anilines is 1. The van der Waals surface area contributed by atoms with Crippen molar-refractivity contribution in [1.29, 1.82) is 0 Å². The Labute approximate surface area is 217 Å². The fourth-order valence-corrected chi connectivity index (χ4v) is 5.15. The lowest BCUT2D eigenvalue weighted by Gasteiger charge is -2.32. The highest BCUT2D eigenvalue weighted by atomic mass is 16.5. The van der Waals surface area contributed by atoms with Crippen molar-refractivity contribution >= 4 is 22.6 Å².